The molecular weight excluding hydrogens is 677 g/mol. The van der Waals surface area contributed by atoms with E-state index in [4.69, 9.17) is 18.5 Å². The third-order valence-corrected chi connectivity index (χ3v) is 10.2. The molecule has 10 heteroatoms. The van der Waals surface area contributed by atoms with Crippen molar-refractivity contribution in [2.75, 3.05) is 47.5 Å². The van der Waals surface area contributed by atoms with E-state index in [1.54, 1.807) is 0 Å². The molecule has 0 aliphatic rings. The van der Waals surface area contributed by atoms with Gasteiger partial charge in [-0.2, -0.15) is 0 Å². The third-order valence-electron chi connectivity index (χ3n) is 9.29. The fraction of sp³-hybridized carbons (Fsp3) is 0.905. The van der Waals surface area contributed by atoms with Gasteiger partial charge in [0.2, 0.25) is 0 Å². The van der Waals surface area contributed by atoms with Gasteiger partial charge in [-0.15, -0.1) is 0 Å². The summed E-state index contributed by atoms with van der Waals surface area (Å²) in [5, 5.41) is 0. The summed E-state index contributed by atoms with van der Waals surface area (Å²) in [5.74, 6) is -0.837. The lowest BCUT2D eigenvalue weighted by atomic mass is 10.0. The summed E-state index contributed by atoms with van der Waals surface area (Å²) in [7, 11) is 1.17. The molecule has 1 unspecified atom stereocenters. The summed E-state index contributed by atoms with van der Waals surface area (Å²) in [5.41, 5.74) is 0. The molecule has 0 saturated carbocycles. The summed E-state index contributed by atoms with van der Waals surface area (Å²) >= 11 is 0. The molecule has 0 aromatic rings. The molecule has 2 atom stereocenters. The Hall–Kier alpha value is -1.25. The first-order valence-electron chi connectivity index (χ1n) is 21.4. The number of hydrogen-bond acceptors (Lipinski definition) is 8. The minimum Gasteiger partial charge on any atom is -0.756 e. The number of esters is 2. The molecule has 0 aliphatic heterocycles. The zero-order chi connectivity index (χ0) is 38.6. The number of ether oxygens (including phenoxy) is 2. The van der Waals surface area contributed by atoms with Gasteiger partial charge in [-0.05, 0) is 38.5 Å². The van der Waals surface area contributed by atoms with Crippen LogP contribution in [0.3, 0.4) is 0 Å². The minimum absolute atomic E-state index is 0.0290. The number of unbranched alkanes of at least 4 members (excludes halogenated alkanes) is 23. The van der Waals surface area contributed by atoms with Crippen molar-refractivity contribution in [2.45, 2.75) is 200 Å². The van der Waals surface area contributed by atoms with E-state index < -0.39 is 32.5 Å². The minimum atomic E-state index is -4.62. The zero-order valence-electron chi connectivity index (χ0n) is 34.5. The average Bonchev–Trinajstić information content (AvgIpc) is 3.09. The van der Waals surface area contributed by atoms with Crippen molar-refractivity contribution in [1.82, 2.24) is 0 Å². The first-order chi connectivity index (χ1) is 25.0. The van der Waals surface area contributed by atoms with Crippen LogP contribution in [0.1, 0.15) is 194 Å². The molecule has 9 nitrogen and oxygen atoms in total. The van der Waals surface area contributed by atoms with E-state index in [0.29, 0.717) is 17.4 Å². The highest BCUT2D eigenvalue weighted by Crippen LogP contribution is 2.38. The molecular formula is C42H82NO8P. The fourth-order valence-corrected chi connectivity index (χ4v) is 6.61. The topological polar surface area (TPSA) is 111 Å². The highest BCUT2D eigenvalue weighted by Gasteiger charge is 2.21. The van der Waals surface area contributed by atoms with Crippen LogP contribution in [0.5, 0.6) is 0 Å². The van der Waals surface area contributed by atoms with Gasteiger partial charge in [0.15, 0.2) is 6.10 Å². The maximum absolute atomic E-state index is 12.6. The molecule has 0 saturated heterocycles. The Morgan fingerprint density at radius 1 is 0.577 bits per heavy atom. The molecule has 0 spiro atoms. The number of carbonyl (C=O) groups excluding carboxylic acids is 2. The SMILES string of the molecule is CCCCC/C=C/CCCCCCCC(=O)OC[C@H](COP(=O)([O-])OCC[N+](C)(C)C)OC(=O)CCCCCCCCCCCCCCCCCC. The van der Waals surface area contributed by atoms with Crippen molar-refractivity contribution in [3.63, 3.8) is 0 Å². The Balaban J connectivity index is 4.35. The van der Waals surface area contributed by atoms with E-state index in [-0.39, 0.29) is 26.1 Å². The number of rotatable bonds is 39. The number of allylic oxidation sites excluding steroid dienone is 2. The molecule has 0 amide bonds. The second-order valence-electron chi connectivity index (χ2n) is 15.7. The maximum atomic E-state index is 12.6. The number of phosphoric acid groups is 1. The lowest BCUT2D eigenvalue weighted by Gasteiger charge is -2.28. The predicted molar refractivity (Wildman–Crippen MR) is 213 cm³/mol. The summed E-state index contributed by atoms with van der Waals surface area (Å²) in [6.45, 7) is 4.21. The zero-order valence-corrected chi connectivity index (χ0v) is 35.4. The molecule has 0 aromatic carbocycles. The molecule has 0 fully saturated rings. The van der Waals surface area contributed by atoms with E-state index in [9.17, 15) is 19.0 Å². The van der Waals surface area contributed by atoms with Gasteiger partial charge in [0.25, 0.3) is 7.82 Å². The van der Waals surface area contributed by atoms with E-state index in [0.717, 1.165) is 51.4 Å². The van der Waals surface area contributed by atoms with Gasteiger partial charge in [-0.1, -0.05) is 154 Å². The van der Waals surface area contributed by atoms with Crippen LogP contribution in [-0.2, 0) is 32.7 Å². The number of likely N-dealkylation sites (N-methyl/N-ethyl adjacent to an activating group) is 1. The highest BCUT2D eigenvalue weighted by atomic mass is 31.2. The number of nitrogens with zero attached hydrogens (tertiary/aromatic N) is 1. The van der Waals surface area contributed by atoms with Crippen molar-refractivity contribution in [3.8, 4) is 0 Å². The Morgan fingerprint density at radius 3 is 1.46 bits per heavy atom. The average molecular weight is 760 g/mol. The van der Waals surface area contributed by atoms with Gasteiger partial charge >= 0.3 is 11.9 Å². The fourth-order valence-electron chi connectivity index (χ4n) is 5.88. The van der Waals surface area contributed by atoms with Crippen molar-refractivity contribution in [1.29, 1.82) is 0 Å². The third kappa shape index (κ3) is 38.5. The molecule has 0 N–H and O–H groups in total. The summed E-state index contributed by atoms with van der Waals surface area (Å²) < 4.78 is 33.8. The van der Waals surface area contributed by atoms with Gasteiger partial charge in [-0.25, -0.2) is 0 Å². The van der Waals surface area contributed by atoms with Crippen molar-refractivity contribution in [2.24, 2.45) is 0 Å². The van der Waals surface area contributed by atoms with Crippen molar-refractivity contribution >= 4 is 19.8 Å². The molecule has 52 heavy (non-hydrogen) atoms. The van der Waals surface area contributed by atoms with Gasteiger partial charge in [0.1, 0.15) is 19.8 Å². The van der Waals surface area contributed by atoms with Crippen molar-refractivity contribution < 1.29 is 42.1 Å². The lowest BCUT2D eigenvalue weighted by Crippen LogP contribution is -2.37. The second-order valence-corrected chi connectivity index (χ2v) is 17.1. The lowest BCUT2D eigenvalue weighted by molar-refractivity contribution is -0.870. The first kappa shape index (κ1) is 50.8. The number of carbonyl (C=O) groups is 2. The Kier molecular flexibility index (Phi) is 34.6. The number of quaternary nitrogens is 1. The van der Waals surface area contributed by atoms with E-state index in [1.807, 2.05) is 21.1 Å². The predicted octanol–water partition coefficient (Wildman–Crippen LogP) is 11.2. The smallest absolute Gasteiger partial charge is 0.306 e. The van der Waals surface area contributed by atoms with Crippen LogP contribution in [0, 0.1) is 0 Å². The van der Waals surface area contributed by atoms with Gasteiger partial charge in [0.05, 0.1) is 27.7 Å². The normalized spacial score (nSPS) is 13.7. The number of phosphoric ester groups is 1. The standard InChI is InChI=1S/C42H82NO8P/c1-6-8-10-12-14-16-18-20-21-22-23-25-27-29-31-33-35-42(45)51-40(39-50-52(46,47)49-37-36-43(3,4)5)38-48-41(44)34-32-30-28-26-24-19-17-15-13-11-9-7-2/h15,17,40H,6-14,16,18-39H2,1-5H3/b17-15+/t40-/m1/s1. The largest absolute Gasteiger partial charge is 0.756 e. The van der Waals surface area contributed by atoms with Crippen LogP contribution >= 0.6 is 7.82 Å². The van der Waals surface area contributed by atoms with Gasteiger partial charge < -0.3 is 27.9 Å². The molecule has 0 aromatic heterocycles. The van der Waals surface area contributed by atoms with Crippen molar-refractivity contribution in [3.05, 3.63) is 12.2 Å². The summed E-state index contributed by atoms with van der Waals surface area (Å²) in [4.78, 5) is 37.4. The summed E-state index contributed by atoms with van der Waals surface area (Å²) in [6.07, 6.45) is 35.2. The number of hydrogen-bond donors (Lipinski definition) is 0. The Labute approximate surface area is 320 Å². The van der Waals surface area contributed by atoms with Crippen LogP contribution in [0.25, 0.3) is 0 Å². The molecule has 0 rings (SSSR count). The van der Waals surface area contributed by atoms with E-state index >= 15 is 0 Å². The van der Waals surface area contributed by atoms with Crippen LogP contribution in [0.15, 0.2) is 12.2 Å². The molecule has 0 aliphatic carbocycles. The van der Waals surface area contributed by atoms with Crippen LogP contribution < -0.4 is 4.89 Å². The van der Waals surface area contributed by atoms with Gasteiger partial charge in [-0.3, -0.25) is 14.2 Å². The Bertz CT molecular complexity index is 907. The summed E-state index contributed by atoms with van der Waals surface area (Å²) in [6, 6.07) is 0. The van der Waals surface area contributed by atoms with E-state index in [2.05, 4.69) is 26.0 Å². The first-order valence-corrected chi connectivity index (χ1v) is 22.9. The van der Waals surface area contributed by atoms with Crippen LogP contribution in [0.2, 0.25) is 0 Å². The van der Waals surface area contributed by atoms with E-state index in [1.165, 1.54) is 109 Å². The highest BCUT2D eigenvalue weighted by molar-refractivity contribution is 7.45. The maximum Gasteiger partial charge on any atom is 0.306 e. The quantitative estimate of drug-likeness (QED) is 0.0200. The molecule has 308 valence electrons. The molecule has 0 radical (unpaired) electrons. The second kappa shape index (κ2) is 35.5. The Morgan fingerprint density at radius 2 is 0.981 bits per heavy atom. The monoisotopic (exact) mass is 760 g/mol. The van der Waals surface area contributed by atoms with Crippen LogP contribution in [-0.4, -0.2) is 70.0 Å². The van der Waals surface area contributed by atoms with Crippen LogP contribution in [0.4, 0.5) is 0 Å². The molecule has 0 bridgehead atoms. The van der Waals surface area contributed by atoms with Gasteiger partial charge in [0, 0.05) is 12.8 Å². The molecule has 0 heterocycles.